The number of nitrogens with one attached hydrogen (secondary N) is 2. The largest absolute Gasteiger partial charge is 0.352 e. The second-order valence-electron chi connectivity index (χ2n) is 3.46. The van der Waals surface area contributed by atoms with E-state index in [-0.39, 0.29) is 18.5 Å². The van der Waals surface area contributed by atoms with Gasteiger partial charge in [-0.3, -0.25) is 19.5 Å². The summed E-state index contributed by atoms with van der Waals surface area (Å²) in [5.41, 5.74) is -0.819. The summed E-state index contributed by atoms with van der Waals surface area (Å²) >= 11 is 0. The molecule has 1 heterocycles. The van der Waals surface area contributed by atoms with E-state index in [2.05, 4.69) is 10.4 Å². The van der Waals surface area contributed by atoms with Gasteiger partial charge in [-0.2, -0.15) is 0 Å². The third-order valence-electron chi connectivity index (χ3n) is 1.64. The van der Waals surface area contributed by atoms with Gasteiger partial charge in [0.15, 0.2) is 0 Å². The molecule has 0 spiro atoms. The van der Waals surface area contributed by atoms with Crippen LogP contribution in [0.25, 0.3) is 0 Å². The van der Waals surface area contributed by atoms with Crippen molar-refractivity contribution in [2.45, 2.75) is 26.4 Å². The number of hydrogen-bond acceptors (Lipinski definition) is 3. The summed E-state index contributed by atoms with van der Waals surface area (Å²) in [5, 5.41) is 4.88. The van der Waals surface area contributed by atoms with Gasteiger partial charge < -0.3 is 5.32 Å². The Hall–Kier alpha value is -1.85. The summed E-state index contributed by atoms with van der Waals surface area (Å²) in [6.45, 7) is 3.45. The molecule has 2 N–H and O–H groups in total. The molecule has 0 aliphatic heterocycles. The second kappa shape index (κ2) is 4.59. The number of hydrogen-bond donors (Lipinski definition) is 2. The lowest BCUT2D eigenvalue weighted by molar-refractivity contribution is -0.122. The zero-order valence-corrected chi connectivity index (χ0v) is 8.61. The first-order chi connectivity index (χ1) is 6.99. The molecule has 15 heavy (non-hydrogen) atoms. The number of carbonyl (C=O) groups excluding carboxylic acids is 1. The van der Waals surface area contributed by atoms with Crippen LogP contribution < -0.4 is 16.4 Å². The van der Waals surface area contributed by atoms with Crippen LogP contribution in [0.2, 0.25) is 0 Å². The van der Waals surface area contributed by atoms with Gasteiger partial charge in [-0.25, -0.2) is 4.68 Å². The van der Waals surface area contributed by atoms with Crippen LogP contribution in [0.4, 0.5) is 0 Å². The summed E-state index contributed by atoms with van der Waals surface area (Å²) in [6, 6.07) is 2.25. The highest BCUT2D eigenvalue weighted by Gasteiger charge is 2.05. The fourth-order valence-corrected chi connectivity index (χ4v) is 1.09. The van der Waals surface area contributed by atoms with Crippen molar-refractivity contribution in [3.63, 3.8) is 0 Å². The van der Waals surface area contributed by atoms with Crippen molar-refractivity contribution < 1.29 is 4.79 Å². The molecule has 0 aliphatic rings. The molecule has 0 aromatic carbocycles. The molecule has 0 fully saturated rings. The van der Waals surface area contributed by atoms with Gasteiger partial charge >= 0.3 is 0 Å². The number of nitrogens with zero attached hydrogens (tertiary/aromatic N) is 1. The van der Waals surface area contributed by atoms with Crippen molar-refractivity contribution in [2.75, 3.05) is 0 Å². The third-order valence-corrected chi connectivity index (χ3v) is 1.64. The normalized spacial score (nSPS) is 10.3. The average molecular weight is 211 g/mol. The number of aromatic nitrogens is 2. The first-order valence-electron chi connectivity index (χ1n) is 4.58. The minimum absolute atomic E-state index is 0.00337. The summed E-state index contributed by atoms with van der Waals surface area (Å²) in [4.78, 5) is 33.4. The van der Waals surface area contributed by atoms with Gasteiger partial charge in [-0.15, -0.1) is 0 Å². The van der Waals surface area contributed by atoms with Gasteiger partial charge in [-0.05, 0) is 13.8 Å². The topological polar surface area (TPSA) is 84.0 Å². The molecule has 1 aromatic heterocycles. The van der Waals surface area contributed by atoms with Crippen LogP contribution in [0, 0.1) is 0 Å². The van der Waals surface area contributed by atoms with Gasteiger partial charge in [0.05, 0.1) is 0 Å². The summed E-state index contributed by atoms with van der Waals surface area (Å²) < 4.78 is 0.972. The Morgan fingerprint density at radius 1 is 1.47 bits per heavy atom. The third kappa shape index (κ3) is 3.41. The quantitative estimate of drug-likeness (QED) is 0.676. The van der Waals surface area contributed by atoms with E-state index in [1.54, 1.807) is 0 Å². The standard InChI is InChI=1S/C9H13N3O3/c1-6(2)10-8(14)5-12-9(15)4-3-7(13)11-12/h3-4,6H,5H2,1-2H3,(H,10,14)(H,11,13). The molecule has 1 aromatic rings. The second-order valence-corrected chi connectivity index (χ2v) is 3.46. The Balaban J connectivity index is 2.81. The minimum Gasteiger partial charge on any atom is -0.352 e. The summed E-state index contributed by atoms with van der Waals surface area (Å²) in [5.74, 6) is -0.311. The van der Waals surface area contributed by atoms with Crippen molar-refractivity contribution in [3.05, 3.63) is 32.8 Å². The van der Waals surface area contributed by atoms with Crippen LogP contribution in [-0.2, 0) is 11.3 Å². The maximum atomic E-state index is 11.3. The SMILES string of the molecule is CC(C)NC(=O)Cn1[nH]c(=O)ccc1=O. The van der Waals surface area contributed by atoms with Crippen LogP contribution >= 0.6 is 0 Å². The molecule has 0 aliphatic carbocycles. The van der Waals surface area contributed by atoms with Gasteiger partial charge in [0.2, 0.25) is 5.91 Å². The number of carbonyl (C=O) groups is 1. The molecule has 6 heteroatoms. The zero-order chi connectivity index (χ0) is 11.4. The molecular weight excluding hydrogens is 198 g/mol. The Labute approximate surface area is 85.9 Å². The molecule has 0 saturated carbocycles. The van der Waals surface area contributed by atoms with Gasteiger partial charge in [0.25, 0.3) is 11.1 Å². The van der Waals surface area contributed by atoms with Crippen molar-refractivity contribution in [1.82, 2.24) is 15.1 Å². The lowest BCUT2D eigenvalue weighted by Crippen LogP contribution is -2.38. The Bertz CT molecular complexity index is 458. The van der Waals surface area contributed by atoms with Crippen LogP contribution in [-0.4, -0.2) is 21.7 Å². The molecule has 0 unspecified atom stereocenters. The van der Waals surface area contributed by atoms with Crippen LogP contribution in [0.1, 0.15) is 13.8 Å². The van der Waals surface area contributed by atoms with Crippen molar-refractivity contribution in [2.24, 2.45) is 0 Å². The summed E-state index contributed by atoms with van der Waals surface area (Å²) in [7, 11) is 0. The van der Waals surface area contributed by atoms with Crippen molar-refractivity contribution in [1.29, 1.82) is 0 Å². The maximum absolute atomic E-state index is 11.3. The highest BCUT2D eigenvalue weighted by molar-refractivity contribution is 5.75. The predicted molar refractivity (Wildman–Crippen MR) is 54.6 cm³/mol. The van der Waals surface area contributed by atoms with E-state index in [1.807, 2.05) is 13.8 Å². The van der Waals surface area contributed by atoms with E-state index in [4.69, 9.17) is 0 Å². The smallest absolute Gasteiger partial charge is 0.265 e. The van der Waals surface area contributed by atoms with E-state index in [0.29, 0.717) is 0 Å². The van der Waals surface area contributed by atoms with Gasteiger partial charge in [0.1, 0.15) is 6.54 Å². The molecule has 1 rings (SSSR count). The fourth-order valence-electron chi connectivity index (χ4n) is 1.09. The highest BCUT2D eigenvalue weighted by Crippen LogP contribution is 1.79. The van der Waals surface area contributed by atoms with Crippen LogP contribution in [0.15, 0.2) is 21.7 Å². The highest BCUT2D eigenvalue weighted by atomic mass is 16.2. The molecule has 0 saturated heterocycles. The minimum atomic E-state index is -0.410. The van der Waals surface area contributed by atoms with Crippen molar-refractivity contribution in [3.8, 4) is 0 Å². The van der Waals surface area contributed by atoms with E-state index >= 15 is 0 Å². The van der Waals surface area contributed by atoms with E-state index in [9.17, 15) is 14.4 Å². The summed E-state index contributed by atoms with van der Waals surface area (Å²) in [6.07, 6.45) is 0. The monoisotopic (exact) mass is 211 g/mol. The average Bonchev–Trinajstić information content (AvgIpc) is 2.10. The van der Waals surface area contributed by atoms with E-state index in [0.717, 1.165) is 16.8 Å². The van der Waals surface area contributed by atoms with Crippen LogP contribution in [0.3, 0.4) is 0 Å². The van der Waals surface area contributed by atoms with Gasteiger partial charge in [0, 0.05) is 18.2 Å². The number of aromatic amines is 1. The van der Waals surface area contributed by atoms with Gasteiger partial charge in [-0.1, -0.05) is 0 Å². The van der Waals surface area contributed by atoms with E-state index < -0.39 is 11.1 Å². The van der Waals surface area contributed by atoms with Crippen molar-refractivity contribution >= 4 is 5.91 Å². The molecule has 0 radical (unpaired) electrons. The zero-order valence-electron chi connectivity index (χ0n) is 8.61. The first-order valence-corrected chi connectivity index (χ1v) is 4.58. The Morgan fingerprint density at radius 2 is 2.13 bits per heavy atom. The Kier molecular flexibility index (Phi) is 3.43. The Morgan fingerprint density at radius 3 is 2.73 bits per heavy atom. The van der Waals surface area contributed by atoms with Crippen LogP contribution in [0.5, 0.6) is 0 Å². The molecule has 0 bridgehead atoms. The number of H-pyrrole nitrogens is 1. The lowest BCUT2D eigenvalue weighted by atomic mass is 10.4. The lowest BCUT2D eigenvalue weighted by Gasteiger charge is -2.08. The fraction of sp³-hybridized carbons (Fsp3) is 0.444. The maximum Gasteiger partial charge on any atom is 0.265 e. The molecular formula is C9H13N3O3. The van der Waals surface area contributed by atoms with E-state index in [1.165, 1.54) is 0 Å². The molecule has 82 valence electrons. The predicted octanol–water partition coefficient (Wildman–Crippen LogP) is -0.939. The number of rotatable bonds is 3. The number of amides is 1. The molecule has 6 nitrogen and oxygen atoms in total. The molecule has 0 atom stereocenters. The first kappa shape index (κ1) is 11.2. The molecule has 1 amide bonds.